The lowest BCUT2D eigenvalue weighted by Crippen LogP contribution is -2.35. The molecule has 5 rings (SSSR count). The summed E-state index contributed by atoms with van der Waals surface area (Å²) in [5, 5.41) is 3.10. The maximum atomic E-state index is 12.8. The van der Waals surface area contributed by atoms with E-state index in [4.69, 9.17) is 19.2 Å². The summed E-state index contributed by atoms with van der Waals surface area (Å²) >= 11 is 0. The van der Waals surface area contributed by atoms with Gasteiger partial charge in [0.25, 0.3) is 0 Å². The molecule has 5 atom stereocenters. The van der Waals surface area contributed by atoms with Gasteiger partial charge >= 0.3 is 5.97 Å². The van der Waals surface area contributed by atoms with Crippen LogP contribution in [0.15, 0.2) is 29.3 Å². The molecule has 3 heterocycles. The van der Waals surface area contributed by atoms with Crippen molar-refractivity contribution in [2.45, 2.75) is 102 Å². The lowest BCUT2D eigenvalue weighted by atomic mass is 9.76. The van der Waals surface area contributed by atoms with E-state index < -0.39 is 6.04 Å². The van der Waals surface area contributed by atoms with Gasteiger partial charge in [0.2, 0.25) is 5.91 Å². The van der Waals surface area contributed by atoms with E-state index in [1.807, 2.05) is 12.1 Å². The zero-order valence-corrected chi connectivity index (χ0v) is 22.9. The van der Waals surface area contributed by atoms with E-state index in [0.29, 0.717) is 18.9 Å². The van der Waals surface area contributed by atoms with E-state index in [2.05, 4.69) is 17.4 Å². The Morgan fingerprint density at radius 3 is 2.68 bits per heavy atom. The van der Waals surface area contributed by atoms with Crippen LogP contribution in [0.3, 0.4) is 0 Å². The van der Waals surface area contributed by atoms with Gasteiger partial charge in [0.1, 0.15) is 6.61 Å². The predicted octanol–water partition coefficient (Wildman–Crippen LogP) is 4.79. The maximum absolute atomic E-state index is 12.8. The molecule has 7 heteroatoms. The second kappa shape index (κ2) is 13.1. The van der Waals surface area contributed by atoms with E-state index in [-0.39, 0.29) is 30.0 Å². The monoisotopic (exact) mass is 524 g/mol. The van der Waals surface area contributed by atoms with E-state index >= 15 is 0 Å². The molecular weight excluding hydrogens is 480 g/mol. The number of hydrogen-bond donors (Lipinski definition) is 1. The standard InChI is InChI=1S/C31H44N2O5/c1-36-28(34)19-23-12-7-11-22(18-23)13-14-24-26-15-16-27(38-26)29(24)31-33-25(20-37-31)30(35)32-17-6-5-10-21-8-3-2-4-9-21/h7,11-12,18,21,24-27,29H,2-6,8-10,13-17,19-20H2,1H3,(H,32,35)/t24-,25?,26-,27+,29-/m0/s1. The van der Waals surface area contributed by atoms with Crippen LogP contribution in [0.4, 0.5) is 0 Å². The number of nitrogens with zero attached hydrogens (tertiary/aromatic N) is 1. The van der Waals surface area contributed by atoms with Gasteiger partial charge in [-0.3, -0.25) is 9.59 Å². The van der Waals surface area contributed by atoms with Crippen LogP contribution in [0.25, 0.3) is 0 Å². The van der Waals surface area contributed by atoms with E-state index in [1.165, 1.54) is 57.6 Å². The summed E-state index contributed by atoms with van der Waals surface area (Å²) in [6.45, 7) is 1.06. The van der Waals surface area contributed by atoms with Crippen molar-refractivity contribution in [3.8, 4) is 0 Å². The van der Waals surface area contributed by atoms with Crippen molar-refractivity contribution in [3.05, 3.63) is 35.4 Å². The van der Waals surface area contributed by atoms with Crippen LogP contribution in [-0.4, -0.2) is 56.3 Å². The fourth-order valence-corrected chi connectivity index (χ4v) is 7.02. The highest BCUT2D eigenvalue weighted by Crippen LogP contribution is 2.47. The SMILES string of the molecule is COC(=O)Cc1cccc(CC[C@@H]2[C@H](C3=NC(C(=O)NCCCCC4CCCCC4)CO3)[C@H]3CC[C@@H]2O3)c1. The molecule has 7 nitrogen and oxygen atoms in total. The van der Waals surface area contributed by atoms with Gasteiger partial charge in [-0.25, -0.2) is 4.99 Å². The molecule has 3 aliphatic heterocycles. The Morgan fingerprint density at radius 2 is 1.84 bits per heavy atom. The topological polar surface area (TPSA) is 86.2 Å². The van der Waals surface area contributed by atoms with Crippen LogP contribution in [0.5, 0.6) is 0 Å². The largest absolute Gasteiger partial charge is 0.478 e. The number of ether oxygens (including phenoxy) is 3. The summed E-state index contributed by atoms with van der Waals surface area (Å²) in [5.41, 5.74) is 2.18. The van der Waals surface area contributed by atoms with Gasteiger partial charge in [-0.15, -0.1) is 0 Å². The molecular formula is C31H44N2O5. The summed E-state index contributed by atoms with van der Waals surface area (Å²) in [7, 11) is 1.42. The molecule has 0 spiro atoms. The van der Waals surface area contributed by atoms with Gasteiger partial charge in [-0.2, -0.15) is 0 Å². The lowest BCUT2D eigenvalue weighted by molar-refractivity contribution is -0.139. The number of aliphatic imine (C=N–C) groups is 1. The number of amides is 1. The maximum Gasteiger partial charge on any atom is 0.309 e. The van der Waals surface area contributed by atoms with Crippen molar-refractivity contribution in [2.75, 3.05) is 20.3 Å². The van der Waals surface area contributed by atoms with Crippen LogP contribution in [0.2, 0.25) is 0 Å². The van der Waals surface area contributed by atoms with Gasteiger partial charge in [0, 0.05) is 6.54 Å². The van der Waals surface area contributed by atoms with Crippen LogP contribution >= 0.6 is 0 Å². The summed E-state index contributed by atoms with van der Waals surface area (Å²) in [6.07, 6.45) is 15.1. The second-order valence-corrected chi connectivity index (χ2v) is 11.7. The number of aryl methyl sites for hydroxylation is 1. The zero-order chi connectivity index (χ0) is 26.3. The van der Waals surface area contributed by atoms with Gasteiger partial charge < -0.3 is 19.5 Å². The van der Waals surface area contributed by atoms with Crippen LogP contribution in [0, 0.1) is 17.8 Å². The molecule has 1 N–H and O–H groups in total. The first kappa shape index (κ1) is 27.2. The normalized spacial score (nSPS) is 28.7. The molecule has 0 aromatic heterocycles. The lowest BCUT2D eigenvalue weighted by Gasteiger charge is -2.27. The van der Waals surface area contributed by atoms with Gasteiger partial charge in [-0.05, 0) is 55.1 Å². The average Bonchev–Trinajstić information content (AvgIpc) is 3.69. The number of carbonyl (C=O) groups is 2. The molecule has 1 aromatic carbocycles. The molecule has 1 aliphatic carbocycles. The van der Waals surface area contributed by atoms with Crippen molar-refractivity contribution in [1.29, 1.82) is 0 Å². The van der Waals surface area contributed by atoms with E-state index in [1.54, 1.807) is 0 Å². The molecule has 4 aliphatic rings. The highest BCUT2D eigenvalue weighted by molar-refractivity contribution is 5.90. The third-order valence-electron chi connectivity index (χ3n) is 9.08. The number of rotatable bonds is 12. The number of nitrogens with one attached hydrogen (secondary N) is 1. The molecule has 38 heavy (non-hydrogen) atoms. The van der Waals surface area contributed by atoms with Gasteiger partial charge in [-0.1, -0.05) is 69.2 Å². The minimum atomic E-state index is -0.446. The Balaban J connectivity index is 1.10. The molecule has 2 bridgehead atoms. The van der Waals surface area contributed by atoms with E-state index in [0.717, 1.165) is 56.0 Å². The molecule has 1 saturated carbocycles. The first-order chi connectivity index (χ1) is 18.6. The first-order valence-electron chi connectivity index (χ1n) is 14.9. The summed E-state index contributed by atoms with van der Waals surface area (Å²) in [6, 6.07) is 7.74. The number of methoxy groups -OCH3 is 1. The van der Waals surface area contributed by atoms with Crippen molar-refractivity contribution < 1.29 is 23.8 Å². The third kappa shape index (κ3) is 6.77. The van der Waals surface area contributed by atoms with Crippen molar-refractivity contribution in [3.63, 3.8) is 0 Å². The van der Waals surface area contributed by atoms with Crippen molar-refractivity contribution in [1.82, 2.24) is 5.32 Å². The zero-order valence-electron chi connectivity index (χ0n) is 22.9. The molecule has 2 saturated heterocycles. The average molecular weight is 525 g/mol. The number of esters is 1. The minimum absolute atomic E-state index is 0.0132. The van der Waals surface area contributed by atoms with E-state index in [9.17, 15) is 9.59 Å². The highest BCUT2D eigenvalue weighted by Gasteiger charge is 2.52. The quantitative estimate of drug-likeness (QED) is 0.314. The third-order valence-corrected chi connectivity index (χ3v) is 9.08. The number of carbonyl (C=O) groups excluding carboxylic acids is 2. The molecule has 1 unspecified atom stereocenters. The molecule has 1 aromatic rings. The minimum Gasteiger partial charge on any atom is -0.478 e. The number of fused-ring (bicyclic) bond motifs is 2. The first-order valence-corrected chi connectivity index (χ1v) is 14.9. The van der Waals surface area contributed by atoms with Gasteiger partial charge in [0.05, 0.1) is 31.7 Å². The molecule has 0 radical (unpaired) electrons. The number of hydrogen-bond acceptors (Lipinski definition) is 6. The molecule has 3 fully saturated rings. The summed E-state index contributed by atoms with van der Waals surface area (Å²) in [4.78, 5) is 29.2. The molecule has 208 valence electrons. The van der Waals surface area contributed by atoms with Crippen LogP contribution < -0.4 is 5.32 Å². The van der Waals surface area contributed by atoms with Gasteiger partial charge in [0.15, 0.2) is 11.9 Å². The van der Waals surface area contributed by atoms with Crippen molar-refractivity contribution in [2.24, 2.45) is 22.7 Å². The Morgan fingerprint density at radius 1 is 1.03 bits per heavy atom. The second-order valence-electron chi connectivity index (χ2n) is 11.7. The number of unbranched alkanes of at least 4 members (excludes halogenated alkanes) is 1. The fourth-order valence-electron chi connectivity index (χ4n) is 7.02. The van der Waals surface area contributed by atoms with Crippen LogP contribution in [0.1, 0.15) is 81.8 Å². The Kier molecular flexibility index (Phi) is 9.36. The Bertz CT molecular complexity index is 988. The summed E-state index contributed by atoms with van der Waals surface area (Å²) in [5.74, 6) is 1.84. The molecule has 1 amide bonds. The highest BCUT2D eigenvalue weighted by atomic mass is 16.5. The smallest absolute Gasteiger partial charge is 0.309 e. The predicted molar refractivity (Wildman–Crippen MR) is 146 cm³/mol. The summed E-state index contributed by atoms with van der Waals surface area (Å²) < 4.78 is 17.2. The van der Waals surface area contributed by atoms with Crippen molar-refractivity contribution >= 4 is 17.8 Å². The fraction of sp³-hybridized carbons (Fsp3) is 0.710. The Labute approximate surface area is 227 Å². The van der Waals surface area contributed by atoms with Crippen LogP contribution in [-0.2, 0) is 36.6 Å². The number of benzene rings is 1. The Hall–Kier alpha value is -2.41.